The third-order valence-corrected chi connectivity index (χ3v) is 4.98. The van der Waals surface area contributed by atoms with Crippen molar-refractivity contribution in [3.63, 3.8) is 0 Å². The molecule has 3 rings (SSSR count). The summed E-state index contributed by atoms with van der Waals surface area (Å²) in [7, 11) is 0. The van der Waals surface area contributed by atoms with Gasteiger partial charge >= 0.3 is 0 Å². The smallest absolute Gasteiger partial charge is 0.224 e. The number of carbonyl (C=O) groups is 1. The van der Waals surface area contributed by atoms with Gasteiger partial charge in [-0.3, -0.25) is 4.79 Å². The first kappa shape index (κ1) is 12.2. The minimum atomic E-state index is 0.176. The highest BCUT2D eigenvalue weighted by Gasteiger charge is 2.41. The van der Waals surface area contributed by atoms with Gasteiger partial charge in [-0.2, -0.15) is 11.3 Å². The molecule has 1 saturated carbocycles. The molecule has 2 aliphatic rings. The first-order chi connectivity index (χ1) is 8.76. The van der Waals surface area contributed by atoms with E-state index in [1.165, 1.54) is 19.3 Å². The Labute approximate surface area is 112 Å². The Kier molecular flexibility index (Phi) is 3.39. The molecule has 0 radical (unpaired) electrons. The maximum absolute atomic E-state index is 12.0. The third-order valence-electron chi connectivity index (χ3n) is 4.25. The van der Waals surface area contributed by atoms with E-state index in [1.54, 1.807) is 11.3 Å². The minimum absolute atomic E-state index is 0.176. The number of amides is 1. The molecule has 3 nitrogen and oxygen atoms in total. The molecule has 2 N–H and O–H groups in total. The van der Waals surface area contributed by atoms with Crippen LogP contribution in [0.25, 0.3) is 0 Å². The van der Waals surface area contributed by atoms with Gasteiger partial charge < -0.3 is 10.6 Å². The van der Waals surface area contributed by atoms with E-state index in [1.807, 2.05) is 11.4 Å². The number of thiophene rings is 1. The number of hydrogen-bond acceptors (Lipinski definition) is 3. The zero-order valence-electron chi connectivity index (χ0n) is 10.6. The van der Waals surface area contributed by atoms with E-state index < -0.39 is 0 Å². The molecule has 2 heterocycles. The van der Waals surface area contributed by atoms with Crippen molar-refractivity contribution in [2.75, 3.05) is 6.54 Å². The lowest BCUT2D eigenvalue weighted by atomic mass is 9.70. The fourth-order valence-corrected chi connectivity index (χ4v) is 3.79. The molecular formula is C14H20N2OS. The molecule has 1 atom stereocenters. The van der Waals surface area contributed by atoms with Crippen LogP contribution in [-0.4, -0.2) is 24.0 Å². The van der Waals surface area contributed by atoms with Crippen molar-refractivity contribution in [1.82, 2.24) is 10.6 Å². The van der Waals surface area contributed by atoms with Gasteiger partial charge in [-0.25, -0.2) is 0 Å². The summed E-state index contributed by atoms with van der Waals surface area (Å²) in [4.78, 5) is 12.0. The lowest BCUT2D eigenvalue weighted by Gasteiger charge is -2.48. The lowest BCUT2D eigenvalue weighted by molar-refractivity contribution is -0.121. The Morgan fingerprint density at radius 2 is 2.44 bits per heavy atom. The van der Waals surface area contributed by atoms with Crippen molar-refractivity contribution < 1.29 is 4.79 Å². The molecule has 1 saturated heterocycles. The first-order valence-corrected chi connectivity index (χ1v) is 7.76. The molecule has 1 aliphatic carbocycles. The average molecular weight is 264 g/mol. The van der Waals surface area contributed by atoms with E-state index in [2.05, 4.69) is 16.0 Å². The van der Waals surface area contributed by atoms with Gasteiger partial charge in [-0.1, -0.05) is 0 Å². The van der Waals surface area contributed by atoms with E-state index in [-0.39, 0.29) is 5.91 Å². The fraction of sp³-hybridized carbons (Fsp3) is 0.643. The second-order valence-corrected chi connectivity index (χ2v) is 6.41. The molecule has 18 heavy (non-hydrogen) atoms. The number of hydrogen-bond donors (Lipinski definition) is 2. The Hall–Kier alpha value is -0.870. The third kappa shape index (κ3) is 2.59. The molecule has 4 heteroatoms. The summed E-state index contributed by atoms with van der Waals surface area (Å²) in [6.45, 7) is 1.05. The zero-order valence-corrected chi connectivity index (χ0v) is 11.4. The van der Waals surface area contributed by atoms with Crippen LogP contribution in [-0.2, 0) is 11.2 Å². The summed E-state index contributed by atoms with van der Waals surface area (Å²) < 4.78 is 0. The normalized spacial score (nSPS) is 25.7. The summed E-state index contributed by atoms with van der Waals surface area (Å²) in [5.74, 6) is 0.176. The molecule has 98 valence electrons. The quantitative estimate of drug-likeness (QED) is 0.877. The zero-order chi connectivity index (χ0) is 12.4. The van der Waals surface area contributed by atoms with Crippen molar-refractivity contribution in [2.45, 2.75) is 50.1 Å². The van der Waals surface area contributed by atoms with Crippen molar-refractivity contribution in [1.29, 1.82) is 0 Å². The van der Waals surface area contributed by atoms with Crippen LogP contribution in [0, 0.1) is 0 Å². The summed E-state index contributed by atoms with van der Waals surface area (Å²) >= 11 is 1.65. The van der Waals surface area contributed by atoms with Gasteiger partial charge in [0.25, 0.3) is 0 Å². The van der Waals surface area contributed by atoms with Crippen LogP contribution in [0.15, 0.2) is 16.8 Å². The summed E-state index contributed by atoms with van der Waals surface area (Å²) in [5.41, 5.74) is 1.49. The van der Waals surface area contributed by atoms with Crippen molar-refractivity contribution >= 4 is 17.2 Å². The molecule has 0 bridgehead atoms. The van der Waals surface area contributed by atoms with Crippen LogP contribution in [0.1, 0.15) is 37.7 Å². The highest BCUT2D eigenvalue weighted by atomic mass is 32.1. The van der Waals surface area contributed by atoms with Gasteiger partial charge in [-0.15, -0.1) is 0 Å². The monoisotopic (exact) mass is 264 g/mol. The van der Waals surface area contributed by atoms with Gasteiger partial charge in [-0.05, 0) is 61.0 Å². The predicted octanol–water partition coefficient (Wildman–Crippen LogP) is 2.08. The van der Waals surface area contributed by atoms with Gasteiger partial charge in [0.2, 0.25) is 5.91 Å². The van der Waals surface area contributed by atoms with Gasteiger partial charge in [0, 0.05) is 11.6 Å². The van der Waals surface area contributed by atoms with Crippen LogP contribution in [0.5, 0.6) is 0 Å². The Balaban J connectivity index is 1.51. The fourth-order valence-electron chi connectivity index (χ4n) is 3.12. The molecule has 1 aromatic rings. The number of nitrogens with one attached hydrogen (secondary N) is 2. The van der Waals surface area contributed by atoms with Crippen LogP contribution in [0.4, 0.5) is 0 Å². The Bertz CT molecular complexity index is 411. The molecule has 0 aromatic carbocycles. The van der Waals surface area contributed by atoms with Crippen LogP contribution in [0.2, 0.25) is 0 Å². The predicted molar refractivity (Wildman–Crippen MR) is 73.8 cm³/mol. The van der Waals surface area contributed by atoms with Crippen LogP contribution in [0.3, 0.4) is 0 Å². The van der Waals surface area contributed by atoms with Gasteiger partial charge in [0.05, 0.1) is 6.42 Å². The van der Waals surface area contributed by atoms with Gasteiger partial charge in [0.15, 0.2) is 0 Å². The molecule has 1 amide bonds. The molecule has 1 aliphatic heterocycles. The van der Waals surface area contributed by atoms with Crippen molar-refractivity contribution in [2.24, 2.45) is 0 Å². The maximum Gasteiger partial charge on any atom is 0.224 e. The Morgan fingerprint density at radius 1 is 1.56 bits per heavy atom. The molecule has 1 unspecified atom stereocenters. The summed E-state index contributed by atoms with van der Waals surface area (Å²) in [5, 5.41) is 10.9. The van der Waals surface area contributed by atoms with Crippen LogP contribution < -0.4 is 10.6 Å². The number of piperidine rings is 1. The molecule has 1 spiro atoms. The molecular weight excluding hydrogens is 244 g/mol. The number of carbonyl (C=O) groups excluding carboxylic acids is 1. The first-order valence-electron chi connectivity index (χ1n) is 6.81. The second kappa shape index (κ2) is 5.02. The standard InChI is InChI=1S/C14H20N2OS/c17-13(8-11-3-7-18-10-11)16-12-2-6-15-14(9-12)4-1-5-14/h3,7,10,12,15H,1-2,4-6,8-9H2,(H,16,17). The molecule has 2 fully saturated rings. The van der Waals surface area contributed by atoms with E-state index in [0.29, 0.717) is 18.0 Å². The summed E-state index contributed by atoms with van der Waals surface area (Å²) in [6.07, 6.45) is 6.61. The number of rotatable bonds is 3. The van der Waals surface area contributed by atoms with Crippen LogP contribution >= 0.6 is 11.3 Å². The van der Waals surface area contributed by atoms with E-state index >= 15 is 0 Å². The Morgan fingerprint density at radius 3 is 3.11 bits per heavy atom. The lowest BCUT2D eigenvalue weighted by Crippen LogP contribution is -2.59. The minimum Gasteiger partial charge on any atom is -0.353 e. The second-order valence-electron chi connectivity index (χ2n) is 5.63. The van der Waals surface area contributed by atoms with Crippen molar-refractivity contribution in [3.8, 4) is 0 Å². The topological polar surface area (TPSA) is 41.1 Å². The van der Waals surface area contributed by atoms with E-state index in [9.17, 15) is 4.79 Å². The average Bonchev–Trinajstić information content (AvgIpc) is 2.80. The summed E-state index contributed by atoms with van der Waals surface area (Å²) in [6, 6.07) is 2.40. The maximum atomic E-state index is 12.0. The van der Waals surface area contributed by atoms with E-state index in [4.69, 9.17) is 0 Å². The highest BCUT2D eigenvalue weighted by Crippen LogP contribution is 2.38. The van der Waals surface area contributed by atoms with E-state index in [0.717, 1.165) is 24.9 Å². The largest absolute Gasteiger partial charge is 0.353 e. The van der Waals surface area contributed by atoms with Crippen molar-refractivity contribution in [3.05, 3.63) is 22.4 Å². The van der Waals surface area contributed by atoms with Gasteiger partial charge in [0.1, 0.15) is 0 Å². The SMILES string of the molecule is O=C(Cc1ccsc1)NC1CCNC2(CCC2)C1. The molecule has 1 aromatic heterocycles. The highest BCUT2D eigenvalue weighted by molar-refractivity contribution is 7.07.